The number of hydrogen-bond donors (Lipinski definition) is 0. The Bertz CT molecular complexity index is 2540. The molecule has 3 nitrogen and oxygen atoms in total. The first-order valence-electron chi connectivity index (χ1n) is 19.4. The van der Waals surface area contributed by atoms with Crippen molar-refractivity contribution in [2.24, 2.45) is 0 Å². The van der Waals surface area contributed by atoms with Gasteiger partial charge >= 0.3 is 0 Å². The summed E-state index contributed by atoms with van der Waals surface area (Å²) in [7, 11) is 0. The summed E-state index contributed by atoms with van der Waals surface area (Å²) in [6.07, 6.45) is 6.00. The van der Waals surface area contributed by atoms with Crippen molar-refractivity contribution >= 4 is 22.5 Å². The molecule has 4 aliphatic rings. The van der Waals surface area contributed by atoms with E-state index in [4.69, 9.17) is 9.47 Å². The van der Waals surface area contributed by atoms with Crippen molar-refractivity contribution in [2.45, 2.75) is 57.0 Å². The highest BCUT2D eigenvalue weighted by Gasteiger charge is 2.48. The van der Waals surface area contributed by atoms with E-state index in [0.29, 0.717) is 19.0 Å². The van der Waals surface area contributed by atoms with E-state index in [0.717, 1.165) is 81.3 Å². The van der Waals surface area contributed by atoms with Crippen LogP contribution in [0.4, 0.5) is 14.5 Å². The van der Waals surface area contributed by atoms with Gasteiger partial charge in [-0.25, -0.2) is 8.78 Å². The molecular formula is C49H43F2NO2. The molecule has 0 radical (unpaired) electrons. The predicted molar refractivity (Wildman–Crippen MR) is 215 cm³/mol. The average molecular weight is 716 g/mol. The fourth-order valence-corrected chi connectivity index (χ4v) is 10.3. The summed E-state index contributed by atoms with van der Waals surface area (Å²) in [5.41, 5.74) is 11.7. The van der Waals surface area contributed by atoms with Crippen molar-refractivity contribution in [3.8, 4) is 28.0 Å². The number of halogens is 2. The third-order valence-corrected chi connectivity index (χ3v) is 13.1. The summed E-state index contributed by atoms with van der Waals surface area (Å²) in [6.45, 7) is 12.1. The van der Waals surface area contributed by atoms with E-state index in [1.807, 2.05) is 12.1 Å². The van der Waals surface area contributed by atoms with Gasteiger partial charge in [0.15, 0.2) is 5.60 Å². The summed E-state index contributed by atoms with van der Waals surface area (Å²) < 4.78 is 43.8. The molecule has 0 bridgehead atoms. The molecule has 1 atom stereocenters. The van der Waals surface area contributed by atoms with Crippen LogP contribution in [0.15, 0.2) is 109 Å². The van der Waals surface area contributed by atoms with Crippen LogP contribution in [0, 0.1) is 11.6 Å². The number of anilines is 1. The number of rotatable bonds is 5. The number of morpholine rings is 1. The number of hydrogen-bond acceptors (Lipinski definition) is 3. The van der Waals surface area contributed by atoms with Gasteiger partial charge in [0.05, 0.1) is 13.2 Å². The third-order valence-electron chi connectivity index (χ3n) is 13.1. The molecule has 0 amide bonds. The molecule has 6 aromatic rings. The van der Waals surface area contributed by atoms with Crippen molar-refractivity contribution < 1.29 is 18.3 Å². The summed E-state index contributed by atoms with van der Waals surface area (Å²) in [4.78, 5) is 2.36. The standard InChI is InChI=1S/C49H43F2NO2/c1-5-48(6-2)43-29-33(51)15-20-38(43)44-37-19-14-32(50)28-40(37)46-39(45(44)48)21-22-49(54-46,30-11-16-34(17-12-30)52-23-25-53-26-24-52)31-13-18-36-35-9-7-8-10-41(35)47(3,4)42(36)27-31/h7-22,27-29H,5-6,23-26H2,1-4H3. The molecule has 2 heterocycles. The highest BCUT2D eigenvalue weighted by molar-refractivity contribution is 6.08. The van der Waals surface area contributed by atoms with Crippen LogP contribution < -0.4 is 9.64 Å². The van der Waals surface area contributed by atoms with E-state index in [1.54, 1.807) is 18.2 Å². The maximum absolute atomic E-state index is 15.5. The number of nitrogens with zero attached hydrogens (tertiary/aromatic N) is 1. The van der Waals surface area contributed by atoms with Gasteiger partial charge in [-0.1, -0.05) is 94.4 Å². The molecule has 6 aromatic carbocycles. The van der Waals surface area contributed by atoms with Gasteiger partial charge in [-0.15, -0.1) is 0 Å². The number of fused-ring (bicyclic) bond motifs is 11. The Morgan fingerprint density at radius 1 is 0.667 bits per heavy atom. The monoisotopic (exact) mass is 715 g/mol. The Morgan fingerprint density at radius 2 is 1.35 bits per heavy atom. The minimum absolute atomic E-state index is 0.209. The molecule has 10 rings (SSSR count). The molecule has 1 fully saturated rings. The zero-order chi connectivity index (χ0) is 37.0. The minimum atomic E-state index is -1.03. The largest absolute Gasteiger partial charge is 0.472 e. The second-order valence-corrected chi connectivity index (χ2v) is 15.9. The Morgan fingerprint density at radius 3 is 2.13 bits per heavy atom. The predicted octanol–water partition coefficient (Wildman–Crippen LogP) is 11.7. The highest BCUT2D eigenvalue weighted by Crippen LogP contribution is 2.61. The van der Waals surface area contributed by atoms with Gasteiger partial charge in [0.2, 0.25) is 0 Å². The summed E-state index contributed by atoms with van der Waals surface area (Å²) in [5, 5.41) is 1.63. The van der Waals surface area contributed by atoms with Crippen LogP contribution in [0.25, 0.3) is 39.1 Å². The molecule has 0 N–H and O–H groups in total. The van der Waals surface area contributed by atoms with E-state index < -0.39 is 11.0 Å². The van der Waals surface area contributed by atoms with Crippen LogP contribution >= 0.6 is 0 Å². The van der Waals surface area contributed by atoms with Crippen molar-refractivity contribution in [3.63, 3.8) is 0 Å². The molecule has 0 saturated carbocycles. The van der Waals surface area contributed by atoms with Gasteiger partial charge in [-0.3, -0.25) is 0 Å². The van der Waals surface area contributed by atoms with Crippen LogP contribution in [0.2, 0.25) is 0 Å². The maximum Gasteiger partial charge on any atom is 0.178 e. The first-order valence-corrected chi connectivity index (χ1v) is 19.4. The topological polar surface area (TPSA) is 21.7 Å². The zero-order valence-electron chi connectivity index (χ0n) is 31.2. The van der Waals surface area contributed by atoms with E-state index in [9.17, 15) is 0 Å². The first kappa shape index (κ1) is 33.3. The fourth-order valence-electron chi connectivity index (χ4n) is 10.3. The van der Waals surface area contributed by atoms with E-state index >= 15 is 8.78 Å². The molecule has 1 saturated heterocycles. The lowest BCUT2D eigenvalue weighted by Gasteiger charge is -2.40. The Labute approximate surface area is 315 Å². The van der Waals surface area contributed by atoms with Gasteiger partial charge in [0.25, 0.3) is 0 Å². The highest BCUT2D eigenvalue weighted by atomic mass is 19.1. The van der Waals surface area contributed by atoms with Crippen molar-refractivity contribution in [1.29, 1.82) is 0 Å². The normalized spacial score (nSPS) is 19.9. The van der Waals surface area contributed by atoms with E-state index in [-0.39, 0.29) is 17.0 Å². The number of benzene rings is 6. The average Bonchev–Trinajstić information content (AvgIpc) is 3.63. The quantitative estimate of drug-likeness (QED) is 0.177. The molecular weight excluding hydrogens is 673 g/mol. The second-order valence-electron chi connectivity index (χ2n) is 15.9. The lowest BCUT2D eigenvalue weighted by Crippen LogP contribution is -2.37. The summed E-state index contributed by atoms with van der Waals surface area (Å²) >= 11 is 0. The van der Waals surface area contributed by atoms with Crippen molar-refractivity contribution in [1.82, 2.24) is 0 Å². The molecule has 0 spiro atoms. The third kappa shape index (κ3) is 4.48. The van der Waals surface area contributed by atoms with Gasteiger partial charge in [-0.05, 0) is 111 Å². The maximum atomic E-state index is 15.5. The summed E-state index contributed by atoms with van der Waals surface area (Å²) in [6, 6.07) is 34.4. The molecule has 1 unspecified atom stereocenters. The lowest BCUT2D eigenvalue weighted by atomic mass is 9.71. The molecule has 2 aliphatic carbocycles. The minimum Gasteiger partial charge on any atom is -0.472 e. The van der Waals surface area contributed by atoms with Crippen LogP contribution in [-0.2, 0) is 21.2 Å². The van der Waals surface area contributed by atoms with E-state index in [2.05, 4.69) is 111 Å². The number of ether oxygens (including phenoxy) is 2. The van der Waals surface area contributed by atoms with Gasteiger partial charge < -0.3 is 14.4 Å². The smallest absolute Gasteiger partial charge is 0.178 e. The molecule has 2 aliphatic heterocycles. The molecule has 54 heavy (non-hydrogen) atoms. The Kier molecular flexibility index (Phi) is 7.32. The molecule has 270 valence electrons. The van der Waals surface area contributed by atoms with Crippen LogP contribution in [-0.4, -0.2) is 26.3 Å². The Hall–Kier alpha value is -5.26. The SMILES string of the molecule is CCC1(CC)c2cc(F)ccc2-c2c1c1c(c3cc(F)ccc23)OC(c2ccc(N3CCOCC3)cc2)(c2ccc3c(c2)C(C)(C)c2ccccc2-3)C=C1. The summed E-state index contributed by atoms with van der Waals surface area (Å²) in [5.74, 6) is 0.0885. The van der Waals surface area contributed by atoms with Gasteiger partial charge in [0.1, 0.15) is 17.4 Å². The Balaban J connectivity index is 1.23. The first-order chi connectivity index (χ1) is 26.2. The zero-order valence-corrected chi connectivity index (χ0v) is 31.2. The van der Waals surface area contributed by atoms with E-state index in [1.165, 1.54) is 28.3 Å². The van der Waals surface area contributed by atoms with Gasteiger partial charge in [-0.2, -0.15) is 0 Å². The van der Waals surface area contributed by atoms with Crippen LogP contribution in [0.3, 0.4) is 0 Å². The van der Waals surface area contributed by atoms with Gasteiger partial charge in [0, 0.05) is 51.7 Å². The lowest BCUT2D eigenvalue weighted by molar-refractivity contribution is 0.122. The second kappa shape index (κ2) is 11.9. The fraction of sp³-hybridized carbons (Fsp3) is 0.265. The van der Waals surface area contributed by atoms with Crippen LogP contribution in [0.1, 0.15) is 79.5 Å². The van der Waals surface area contributed by atoms with Crippen molar-refractivity contribution in [3.05, 3.63) is 160 Å². The van der Waals surface area contributed by atoms with Crippen molar-refractivity contribution in [2.75, 3.05) is 31.2 Å². The molecule has 5 heteroatoms. The van der Waals surface area contributed by atoms with Crippen LogP contribution in [0.5, 0.6) is 5.75 Å². The molecule has 0 aromatic heterocycles.